The van der Waals surface area contributed by atoms with Crippen LogP contribution in [0.15, 0.2) is 91.0 Å². The average Bonchev–Trinajstić information content (AvgIpc) is 3.58. The smallest absolute Gasteiger partial charge is 0.238 e. The summed E-state index contributed by atoms with van der Waals surface area (Å²) in [5.74, 6) is -0.518. The molecule has 1 spiro atoms. The molecule has 0 unspecified atom stereocenters. The highest BCUT2D eigenvalue weighted by Crippen LogP contribution is 2.58. The fourth-order valence-corrected chi connectivity index (χ4v) is 7.45. The van der Waals surface area contributed by atoms with Gasteiger partial charge in [0.25, 0.3) is 0 Å². The molecule has 9 heteroatoms. The Kier molecular flexibility index (Phi) is 7.04. The number of amides is 1. The first-order chi connectivity index (χ1) is 22.4. The molecule has 4 atom stereocenters. The first-order valence-electron chi connectivity index (χ1n) is 14.9. The minimum absolute atomic E-state index is 0.293. The van der Waals surface area contributed by atoms with E-state index in [1.54, 1.807) is 36.4 Å². The van der Waals surface area contributed by atoms with Gasteiger partial charge in [0.2, 0.25) is 5.91 Å². The van der Waals surface area contributed by atoms with Crippen LogP contribution >= 0.6 is 0 Å². The van der Waals surface area contributed by atoms with E-state index in [4.69, 9.17) is 18.9 Å². The van der Waals surface area contributed by atoms with Crippen LogP contribution in [0.1, 0.15) is 31.8 Å². The van der Waals surface area contributed by atoms with Crippen LogP contribution in [0.5, 0.6) is 23.0 Å². The molecule has 4 aromatic rings. The summed E-state index contributed by atoms with van der Waals surface area (Å²) in [6.07, 6.45) is 3.91. The van der Waals surface area contributed by atoms with Crippen LogP contribution in [0.4, 0.5) is 11.4 Å². The summed E-state index contributed by atoms with van der Waals surface area (Å²) in [5.41, 5.74) is 2.09. The van der Waals surface area contributed by atoms with Crippen molar-refractivity contribution in [3.63, 3.8) is 0 Å². The van der Waals surface area contributed by atoms with Gasteiger partial charge in [0.1, 0.15) is 11.5 Å². The number of nitrogens with zero attached hydrogens (tertiary/aromatic N) is 1. The van der Waals surface area contributed by atoms with Gasteiger partial charge in [-0.05, 0) is 59.7 Å². The van der Waals surface area contributed by atoms with E-state index >= 15 is 9.59 Å². The van der Waals surface area contributed by atoms with Gasteiger partial charge in [-0.3, -0.25) is 14.4 Å². The lowest BCUT2D eigenvalue weighted by Crippen LogP contribution is -2.51. The monoisotopic (exact) mass is 616 g/mol. The van der Waals surface area contributed by atoms with E-state index in [1.807, 2.05) is 65.6 Å². The van der Waals surface area contributed by atoms with Crippen LogP contribution in [0, 0.1) is 5.92 Å². The number of carbonyl (C=O) groups excluding carboxylic acids is 3. The molecule has 4 aromatic carbocycles. The van der Waals surface area contributed by atoms with Crippen LogP contribution in [-0.4, -0.2) is 58.0 Å². The van der Waals surface area contributed by atoms with Gasteiger partial charge in [0, 0.05) is 22.5 Å². The second-order valence-electron chi connectivity index (χ2n) is 11.4. The number of hydrogen-bond acceptors (Lipinski definition) is 8. The molecule has 3 aliphatic heterocycles. The lowest BCUT2D eigenvalue weighted by atomic mass is 9.64. The lowest BCUT2D eigenvalue weighted by Gasteiger charge is -2.37. The number of Topliss-reactive ketones (excluding diaryl/α,β-unsaturated/α-hetero) is 2. The molecule has 3 heterocycles. The summed E-state index contributed by atoms with van der Waals surface area (Å²) in [7, 11) is 6.04. The molecule has 232 valence electrons. The molecular formula is C37H32N2O7. The minimum atomic E-state index is -1.44. The van der Waals surface area contributed by atoms with Crippen LogP contribution in [0.3, 0.4) is 0 Å². The highest BCUT2D eigenvalue weighted by molar-refractivity contribution is 6.18. The number of ether oxygens (including phenoxy) is 4. The van der Waals surface area contributed by atoms with Gasteiger partial charge in [-0.15, -0.1) is 0 Å². The number of anilines is 2. The molecule has 0 bridgehead atoms. The average molecular weight is 617 g/mol. The maximum Gasteiger partial charge on any atom is 0.238 e. The summed E-state index contributed by atoms with van der Waals surface area (Å²) in [6.45, 7) is 0. The highest BCUT2D eigenvalue weighted by Gasteiger charge is 2.70. The van der Waals surface area contributed by atoms with E-state index in [1.165, 1.54) is 28.4 Å². The zero-order valence-electron chi connectivity index (χ0n) is 25.8. The van der Waals surface area contributed by atoms with Crippen molar-refractivity contribution in [3.05, 3.63) is 113 Å². The molecule has 1 fully saturated rings. The Morgan fingerprint density at radius 2 is 1.30 bits per heavy atom. The van der Waals surface area contributed by atoms with E-state index in [9.17, 15) is 4.79 Å². The Bertz CT molecular complexity index is 1930. The number of hydrogen-bond donors (Lipinski definition) is 1. The maximum atomic E-state index is 15.1. The van der Waals surface area contributed by atoms with Crippen molar-refractivity contribution >= 4 is 34.9 Å². The minimum Gasteiger partial charge on any atom is -0.493 e. The molecule has 46 heavy (non-hydrogen) atoms. The van der Waals surface area contributed by atoms with Crippen LogP contribution in [-0.2, 0) is 10.2 Å². The van der Waals surface area contributed by atoms with Crippen LogP contribution < -0.4 is 29.2 Å². The Morgan fingerprint density at radius 1 is 0.717 bits per heavy atom. The second-order valence-corrected chi connectivity index (χ2v) is 11.4. The summed E-state index contributed by atoms with van der Waals surface area (Å²) in [4.78, 5) is 46.7. The van der Waals surface area contributed by atoms with Gasteiger partial charge in [-0.25, -0.2) is 0 Å². The molecule has 1 amide bonds. The number of ketones is 2. The summed E-state index contributed by atoms with van der Waals surface area (Å²) in [6, 6.07) is 23.2. The van der Waals surface area contributed by atoms with Crippen molar-refractivity contribution in [2.24, 2.45) is 5.92 Å². The maximum absolute atomic E-state index is 15.1. The lowest BCUT2D eigenvalue weighted by molar-refractivity contribution is -0.121. The number of nitrogens with one attached hydrogen (secondary N) is 1. The molecule has 9 nitrogen and oxygen atoms in total. The zero-order valence-corrected chi connectivity index (χ0v) is 25.8. The molecule has 0 aromatic heterocycles. The van der Waals surface area contributed by atoms with Gasteiger partial charge >= 0.3 is 0 Å². The topological polar surface area (TPSA) is 103 Å². The largest absolute Gasteiger partial charge is 0.493 e. The molecule has 3 aliphatic rings. The van der Waals surface area contributed by atoms with Gasteiger partial charge in [-0.1, -0.05) is 48.6 Å². The van der Waals surface area contributed by atoms with E-state index in [2.05, 4.69) is 5.32 Å². The third kappa shape index (κ3) is 4.04. The van der Waals surface area contributed by atoms with Crippen LogP contribution in [0.2, 0.25) is 0 Å². The SMILES string of the molecule is COc1ccc(C(=O)[C@@H]2[C@H](C(=O)c3ccc(OC)c(OC)c3)[C@@]3(C(=O)Nc4ccccc43)[C@@H]3C=Cc4ccccc4N23)cc1OC. The van der Waals surface area contributed by atoms with E-state index in [-0.39, 0.29) is 17.5 Å². The van der Waals surface area contributed by atoms with Gasteiger partial charge < -0.3 is 29.2 Å². The second kappa shape index (κ2) is 11.1. The number of benzene rings is 4. The van der Waals surface area contributed by atoms with Crippen molar-refractivity contribution in [1.82, 2.24) is 0 Å². The normalized spacial score (nSPS) is 22.0. The molecular weight excluding hydrogens is 584 g/mol. The predicted octanol–water partition coefficient (Wildman–Crippen LogP) is 5.58. The van der Waals surface area contributed by atoms with Crippen molar-refractivity contribution in [2.75, 3.05) is 38.7 Å². The van der Waals surface area contributed by atoms with Crippen molar-refractivity contribution in [3.8, 4) is 23.0 Å². The summed E-state index contributed by atoms with van der Waals surface area (Å²) in [5, 5.41) is 3.05. The molecule has 0 radical (unpaired) electrons. The Morgan fingerprint density at radius 3 is 1.96 bits per heavy atom. The van der Waals surface area contributed by atoms with Crippen molar-refractivity contribution in [1.29, 1.82) is 0 Å². The van der Waals surface area contributed by atoms with E-state index < -0.39 is 23.4 Å². The fraction of sp³-hybridized carbons (Fsp3) is 0.216. The number of fused-ring (bicyclic) bond motifs is 6. The standard InChI is InChI=1S/C37H32N2O7/c1-43-27-16-13-22(19-29(27)45-3)34(40)32-33(35(41)23-14-17-28(44-2)30(20-23)46-4)39-26-12-8-5-9-21(26)15-18-31(39)37(32)24-10-6-7-11-25(24)38-36(37)42/h5-20,31-33H,1-4H3,(H,38,42)/t31-,32+,33-,37-/m0/s1. The molecule has 1 saturated heterocycles. The third-order valence-electron chi connectivity index (χ3n) is 9.43. The zero-order chi connectivity index (χ0) is 32.2. The Balaban J connectivity index is 1.51. The summed E-state index contributed by atoms with van der Waals surface area (Å²) >= 11 is 0. The number of rotatable bonds is 8. The molecule has 7 rings (SSSR count). The first-order valence-corrected chi connectivity index (χ1v) is 14.9. The van der Waals surface area contributed by atoms with Crippen molar-refractivity contribution < 1.29 is 33.3 Å². The predicted molar refractivity (Wildman–Crippen MR) is 174 cm³/mol. The fourth-order valence-electron chi connectivity index (χ4n) is 7.45. The molecule has 1 N–H and O–H groups in total. The number of carbonyl (C=O) groups is 3. The van der Waals surface area contributed by atoms with E-state index in [0.717, 1.165) is 11.3 Å². The number of para-hydroxylation sites is 2. The van der Waals surface area contributed by atoms with Gasteiger partial charge in [0.15, 0.2) is 34.6 Å². The Hall–Kier alpha value is -5.57. The van der Waals surface area contributed by atoms with Crippen molar-refractivity contribution in [2.45, 2.75) is 17.5 Å². The molecule has 0 aliphatic carbocycles. The van der Waals surface area contributed by atoms with E-state index in [0.29, 0.717) is 45.4 Å². The van der Waals surface area contributed by atoms with Gasteiger partial charge in [0.05, 0.1) is 40.4 Å². The highest BCUT2D eigenvalue weighted by atomic mass is 16.5. The first kappa shape index (κ1) is 29.2. The molecule has 0 saturated carbocycles. The van der Waals surface area contributed by atoms with Gasteiger partial charge in [-0.2, -0.15) is 0 Å². The van der Waals surface area contributed by atoms with Crippen LogP contribution in [0.25, 0.3) is 6.08 Å². The Labute approximate surface area is 266 Å². The third-order valence-corrected chi connectivity index (χ3v) is 9.43. The quantitative estimate of drug-likeness (QED) is 0.256. The summed E-state index contributed by atoms with van der Waals surface area (Å²) < 4.78 is 22.0. The number of methoxy groups -OCH3 is 4.